The van der Waals surface area contributed by atoms with E-state index in [4.69, 9.17) is 4.74 Å². The maximum atomic E-state index is 14.2. The Morgan fingerprint density at radius 2 is 1.70 bits per heavy atom. The fraction of sp³-hybridized carbons (Fsp3) is 0.686. The molecule has 252 valence electrons. The zero-order valence-corrected chi connectivity index (χ0v) is 27.0. The molecule has 2 aromatic rings. The lowest BCUT2D eigenvalue weighted by molar-refractivity contribution is -0.143. The second-order valence-corrected chi connectivity index (χ2v) is 13.9. The number of ether oxygens (including phenoxy) is 1. The van der Waals surface area contributed by atoms with Crippen LogP contribution >= 0.6 is 0 Å². The van der Waals surface area contributed by atoms with Gasteiger partial charge in [0.15, 0.2) is 5.69 Å². The average molecular weight is 644 g/mol. The van der Waals surface area contributed by atoms with Crippen LogP contribution in [-0.2, 0) is 10.9 Å². The van der Waals surface area contributed by atoms with Crippen molar-refractivity contribution in [2.24, 2.45) is 11.8 Å². The molecule has 8 nitrogen and oxygen atoms in total. The molecule has 4 fully saturated rings. The van der Waals surface area contributed by atoms with E-state index in [1.807, 2.05) is 4.90 Å². The van der Waals surface area contributed by atoms with Crippen molar-refractivity contribution in [2.45, 2.75) is 102 Å². The van der Waals surface area contributed by atoms with E-state index in [1.54, 1.807) is 30.3 Å². The van der Waals surface area contributed by atoms with Crippen LogP contribution in [0.25, 0.3) is 5.69 Å². The molecule has 0 N–H and O–H groups in total. The highest BCUT2D eigenvalue weighted by Crippen LogP contribution is 2.42. The van der Waals surface area contributed by atoms with E-state index in [-0.39, 0.29) is 17.8 Å². The Morgan fingerprint density at radius 1 is 1.00 bits per heavy atom. The van der Waals surface area contributed by atoms with Crippen molar-refractivity contribution >= 4 is 12.0 Å². The zero-order valence-electron chi connectivity index (χ0n) is 27.0. The minimum atomic E-state index is -4.73. The van der Waals surface area contributed by atoms with Gasteiger partial charge in [-0.2, -0.15) is 18.3 Å². The highest BCUT2D eigenvalue weighted by Gasteiger charge is 2.50. The Balaban J connectivity index is 1.06. The van der Waals surface area contributed by atoms with Crippen LogP contribution in [0.1, 0.15) is 100 Å². The number of hydrogen-bond acceptors (Lipinski definition) is 5. The molecule has 0 bridgehead atoms. The predicted octanol–water partition coefficient (Wildman–Crippen LogP) is 7.17. The molecule has 1 aromatic heterocycles. The van der Waals surface area contributed by atoms with Gasteiger partial charge in [-0.3, -0.25) is 9.69 Å². The number of rotatable bonds is 8. The minimum absolute atomic E-state index is 0.146. The highest BCUT2D eigenvalue weighted by atomic mass is 19.4. The lowest BCUT2D eigenvalue weighted by Crippen LogP contribution is -2.61. The fourth-order valence-corrected chi connectivity index (χ4v) is 8.39. The quantitative estimate of drug-likeness (QED) is 0.305. The monoisotopic (exact) mass is 643 g/mol. The standard InChI is InChI=1S/C35H48F3N5O3/c1-2-3-12-27-25-42(24-26-10-6-4-7-11-26)33(45)46-34(27)17-21-40(22-18-34)28-15-19-41(20-16-28)32(44)30-23-39-43(31(30)35(36,37)38)29-13-8-5-9-14-29/h5,8-9,13-14,23,26-28H,2-4,6-7,10-12,15-22,24-25H2,1H3. The number of hydrogen-bond donors (Lipinski definition) is 0. The lowest BCUT2D eigenvalue weighted by Gasteiger charge is -2.52. The van der Waals surface area contributed by atoms with Gasteiger partial charge in [-0.1, -0.05) is 57.2 Å². The Morgan fingerprint density at radius 3 is 2.35 bits per heavy atom. The van der Waals surface area contributed by atoms with Crippen LogP contribution in [0, 0.1) is 11.8 Å². The Hall–Kier alpha value is -3.08. The molecular weight excluding hydrogens is 595 g/mol. The van der Waals surface area contributed by atoms with Gasteiger partial charge in [-0.25, -0.2) is 9.48 Å². The Labute approximate surface area is 270 Å². The summed E-state index contributed by atoms with van der Waals surface area (Å²) in [5.41, 5.74) is -1.61. The number of piperidine rings is 2. The number of likely N-dealkylation sites (tertiary alicyclic amines) is 2. The van der Waals surface area contributed by atoms with Crippen LogP contribution in [0.2, 0.25) is 0 Å². The molecule has 6 rings (SSSR count). The SMILES string of the molecule is CCCCC1CN(CC2CCCCC2)C(=O)OC12CCN(C1CCN(C(=O)c3cnn(-c4ccccc4)c3C(F)(F)F)CC1)CC2. The summed E-state index contributed by atoms with van der Waals surface area (Å²) in [6.07, 6.45) is 8.69. The maximum absolute atomic E-state index is 14.2. The molecule has 4 aliphatic rings. The van der Waals surface area contributed by atoms with E-state index < -0.39 is 28.9 Å². The number of benzene rings is 1. The van der Waals surface area contributed by atoms with Gasteiger partial charge in [-0.15, -0.1) is 0 Å². The summed E-state index contributed by atoms with van der Waals surface area (Å²) in [4.78, 5) is 32.7. The number of unbranched alkanes of at least 4 members (excludes halogenated alkanes) is 1. The normalized spacial score (nSPS) is 23.6. The van der Waals surface area contributed by atoms with Crippen molar-refractivity contribution < 1.29 is 27.5 Å². The van der Waals surface area contributed by atoms with Gasteiger partial charge >= 0.3 is 12.3 Å². The second-order valence-electron chi connectivity index (χ2n) is 13.9. The minimum Gasteiger partial charge on any atom is -0.442 e. The number of para-hydroxylation sites is 1. The smallest absolute Gasteiger partial charge is 0.434 e. The molecule has 1 aromatic carbocycles. The summed E-state index contributed by atoms with van der Waals surface area (Å²) in [5.74, 6) is 0.285. The maximum Gasteiger partial charge on any atom is 0.434 e. The van der Waals surface area contributed by atoms with E-state index in [0.717, 1.165) is 69.2 Å². The van der Waals surface area contributed by atoms with Gasteiger partial charge < -0.3 is 14.5 Å². The van der Waals surface area contributed by atoms with Gasteiger partial charge in [0.05, 0.1) is 17.4 Å². The van der Waals surface area contributed by atoms with Crippen molar-refractivity contribution in [2.75, 3.05) is 39.3 Å². The number of aromatic nitrogens is 2. The first-order chi connectivity index (χ1) is 22.2. The Bertz CT molecular complexity index is 1330. The average Bonchev–Trinajstić information content (AvgIpc) is 3.53. The fourth-order valence-electron chi connectivity index (χ4n) is 8.39. The van der Waals surface area contributed by atoms with E-state index in [0.29, 0.717) is 37.8 Å². The third kappa shape index (κ3) is 6.94. The van der Waals surface area contributed by atoms with Crippen LogP contribution in [0.15, 0.2) is 36.5 Å². The summed E-state index contributed by atoms with van der Waals surface area (Å²) in [5, 5.41) is 3.96. The molecule has 1 spiro atoms. The van der Waals surface area contributed by atoms with Crippen LogP contribution in [0.5, 0.6) is 0 Å². The number of carbonyl (C=O) groups is 2. The van der Waals surface area contributed by atoms with E-state index >= 15 is 0 Å². The number of nitrogens with zero attached hydrogens (tertiary/aromatic N) is 5. The van der Waals surface area contributed by atoms with Gasteiger partial charge in [0, 0.05) is 64.1 Å². The van der Waals surface area contributed by atoms with Crippen LogP contribution in [-0.4, -0.2) is 87.4 Å². The Kier molecular flexibility index (Phi) is 9.96. The molecule has 11 heteroatoms. The largest absolute Gasteiger partial charge is 0.442 e. The molecule has 3 aliphatic heterocycles. The van der Waals surface area contributed by atoms with Crippen LogP contribution in [0.3, 0.4) is 0 Å². The molecule has 3 saturated heterocycles. The summed E-state index contributed by atoms with van der Waals surface area (Å²) < 4.78 is 49.8. The van der Waals surface area contributed by atoms with Crippen molar-refractivity contribution in [3.8, 4) is 5.69 Å². The number of alkyl halides is 3. The number of halogens is 3. The van der Waals surface area contributed by atoms with Crippen molar-refractivity contribution in [3.63, 3.8) is 0 Å². The first-order valence-electron chi connectivity index (χ1n) is 17.4. The van der Waals surface area contributed by atoms with Crippen molar-refractivity contribution in [1.82, 2.24) is 24.5 Å². The first-order valence-corrected chi connectivity index (χ1v) is 17.4. The first kappa shape index (κ1) is 32.8. The van der Waals surface area contributed by atoms with E-state index in [2.05, 4.69) is 16.9 Å². The molecule has 2 amide bonds. The van der Waals surface area contributed by atoms with Gasteiger partial charge in [0.25, 0.3) is 5.91 Å². The molecule has 46 heavy (non-hydrogen) atoms. The zero-order chi connectivity index (χ0) is 32.3. The van der Waals surface area contributed by atoms with Gasteiger partial charge in [-0.05, 0) is 50.2 Å². The second kappa shape index (κ2) is 14.0. The predicted molar refractivity (Wildman–Crippen MR) is 169 cm³/mol. The third-order valence-electron chi connectivity index (χ3n) is 11.0. The number of carbonyl (C=O) groups excluding carboxylic acids is 2. The molecular formula is C35H48F3N5O3. The summed E-state index contributed by atoms with van der Waals surface area (Å²) in [6, 6.07) is 8.32. The summed E-state index contributed by atoms with van der Waals surface area (Å²) in [7, 11) is 0. The van der Waals surface area contributed by atoms with Crippen LogP contribution in [0.4, 0.5) is 18.0 Å². The van der Waals surface area contributed by atoms with Crippen LogP contribution < -0.4 is 0 Å². The molecule has 1 saturated carbocycles. The van der Waals surface area contributed by atoms with Crippen molar-refractivity contribution in [3.05, 3.63) is 47.8 Å². The van der Waals surface area contributed by atoms with Gasteiger partial charge in [0.2, 0.25) is 0 Å². The molecule has 1 unspecified atom stereocenters. The molecule has 1 atom stereocenters. The van der Waals surface area contributed by atoms with E-state index in [1.165, 1.54) is 37.0 Å². The summed E-state index contributed by atoms with van der Waals surface area (Å²) in [6.45, 7) is 6.24. The summed E-state index contributed by atoms with van der Waals surface area (Å²) >= 11 is 0. The van der Waals surface area contributed by atoms with E-state index in [9.17, 15) is 22.8 Å². The third-order valence-corrected chi connectivity index (χ3v) is 11.0. The topological polar surface area (TPSA) is 70.9 Å². The van der Waals surface area contributed by atoms with Crippen molar-refractivity contribution in [1.29, 1.82) is 0 Å². The molecule has 0 radical (unpaired) electrons. The number of amides is 2. The molecule has 4 heterocycles. The highest BCUT2D eigenvalue weighted by molar-refractivity contribution is 5.95. The van der Waals surface area contributed by atoms with Gasteiger partial charge in [0.1, 0.15) is 5.60 Å². The lowest BCUT2D eigenvalue weighted by atomic mass is 9.75. The molecule has 1 aliphatic carbocycles.